The number of nitrogens with one attached hydrogen (secondary N) is 2. The number of rotatable bonds is 6. The summed E-state index contributed by atoms with van der Waals surface area (Å²) in [6.45, 7) is 5.10. The molecule has 0 aromatic carbocycles. The third kappa shape index (κ3) is 3.11. The van der Waals surface area contributed by atoms with Crippen LogP contribution >= 0.6 is 0 Å². The summed E-state index contributed by atoms with van der Waals surface area (Å²) in [4.78, 5) is 4.24. The van der Waals surface area contributed by atoms with Gasteiger partial charge in [0.1, 0.15) is 11.4 Å². The fourth-order valence-corrected chi connectivity index (χ4v) is 2.04. The summed E-state index contributed by atoms with van der Waals surface area (Å²) in [6.07, 6.45) is 2.73. The molecular formula is C13H21N3O2. The van der Waals surface area contributed by atoms with Crippen LogP contribution in [0.5, 0.6) is 0 Å². The normalized spacial score (nSPS) is 23.0. The number of hydrogen-bond donors (Lipinski definition) is 2. The van der Waals surface area contributed by atoms with E-state index in [0.717, 1.165) is 37.6 Å². The highest BCUT2D eigenvalue weighted by Crippen LogP contribution is 2.23. The van der Waals surface area contributed by atoms with Crippen LogP contribution in [0, 0.1) is 0 Å². The molecule has 0 spiro atoms. The van der Waals surface area contributed by atoms with Gasteiger partial charge >= 0.3 is 0 Å². The predicted molar refractivity (Wildman–Crippen MR) is 72.1 cm³/mol. The second-order valence-electron chi connectivity index (χ2n) is 4.50. The maximum atomic E-state index is 5.58. The lowest BCUT2D eigenvalue weighted by Crippen LogP contribution is -2.39. The van der Waals surface area contributed by atoms with E-state index in [1.54, 1.807) is 13.3 Å². The van der Waals surface area contributed by atoms with Gasteiger partial charge in [-0.1, -0.05) is 0 Å². The Morgan fingerprint density at radius 3 is 3.06 bits per heavy atom. The zero-order valence-electron chi connectivity index (χ0n) is 11.0. The Morgan fingerprint density at radius 2 is 2.39 bits per heavy atom. The number of methoxy groups -OCH3 is 1. The largest absolute Gasteiger partial charge is 0.382 e. The quantitative estimate of drug-likeness (QED) is 0.806. The van der Waals surface area contributed by atoms with Gasteiger partial charge in [-0.2, -0.15) is 0 Å². The number of ether oxygens (including phenoxy) is 2. The van der Waals surface area contributed by atoms with E-state index in [2.05, 4.69) is 22.5 Å². The molecule has 2 N–H and O–H groups in total. The van der Waals surface area contributed by atoms with E-state index in [4.69, 9.17) is 9.47 Å². The number of pyridine rings is 1. The maximum Gasteiger partial charge on any atom is 0.127 e. The first-order valence-electron chi connectivity index (χ1n) is 6.35. The van der Waals surface area contributed by atoms with Crippen LogP contribution in [0.4, 0.5) is 11.5 Å². The molecule has 0 radical (unpaired) electrons. The van der Waals surface area contributed by atoms with Crippen molar-refractivity contribution in [2.75, 3.05) is 44.0 Å². The van der Waals surface area contributed by atoms with Gasteiger partial charge in [0, 0.05) is 51.2 Å². The molecular weight excluding hydrogens is 230 g/mol. The van der Waals surface area contributed by atoms with E-state index in [1.165, 1.54) is 0 Å². The van der Waals surface area contributed by atoms with Gasteiger partial charge in [0.05, 0.1) is 6.61 Å². The fraction of sp³-hybridized carbons (Fsp3) is 0.615. The minimum atomic E-state index is -0.193. The molecule has 2 rings (SSSR count). The zero-order chi connectivity index (χ0) is 12.8. The van der Waals surface area contributed by atoms with Crippen molar-refractivity contribution in [1.82, 2.24) is 4.98 Å². The summed E-state index contributed by atoms with van der Waals surface area (Å²) in [7, 11) is 1.74. The summed E-state index contributed by atoms with van der Waals surface area (Å²) >= 11 is 0. The van der Waals surface area contributed by atoms with Gasteiger partial charge in [-0.25, -0.2) is 4.98 Å². The van der Waals surface area contributed by atoms with Crippen LogP contribution in [-0.2, 0) is 9.47 Å². The Balaban J connectivity index is 1.94. The van der Waals surface area contributed by atoms with Gasteiger partial charge in [-0.05, 0) is 13.0 Å². The van der Waals surface area contributed by atoms with Gasteiger partial charge in [-0.3, -0.25) is 0 Å². The molecule has 1 aliphatic heterocycles. The number of anilines is 2. The van der Waals surface area contributed by atoms with E-state index in [0.29, 0.717) is 6.61 Å². The van der Waals surface area contributed by atoms with Crippen molar-refractivity contribution in [1.29, 1.82) is 0 Å². The van der Waals surface area contributed by atoms with Crippen molar-refractivity contribution in [3.63, 3.8) is 0 Å². The summed E-state index contributed by atoms with van der Waals surface area (Å²) in [5.41, 5.74) is 0.853. The first kappa shape index (κ1) is 13.1. The molecule has 1 atom stereocenters. The maximum absolute atomic E-state index is 5.58. The van der Waals surface area contributed by atoms with Crippen molar-refractivity contribution in [2.45, 2.75) is 18.9 Å². The molecule has 0 saturated carbocycles. The first-order valence-corrected chi connectivity index (χ1v) is 6.35. The van der Waals surface area contributed by atoms with Gasteiger partial charge in [0.2, 0.25) is 0 Å². The first-order chi connectivity index (χ1) is 8.78. The third-order valence-electron chi connectivity index (χ3n) is 3.23. The molecule has 0 amide bonds. The van der Waals surface area contributed by atoms with E-state index >= 15 is 0 Å². The fourth-order valence-electron chi connectivity index (χ4n) is 2.04. The number of nitrogens with zero attached hydrogens (tertiary/aromatic N) is 1. The van der Waals surface area contributed by atoms with Crippen molar-refractivity contribution < 1.29 is 9.47 Å². The van der Waals surface area contributed by atoms with Crippen molar-refractivity contribution in [2.24, 2.45) is 0 Å². The highest BCUT2D eigenvalue weighted by Gasteiger charge is 2.34. The lowest BCUT2D eigenvalue weighted by molar-refractivity contribution is -0.00619. The van der Waals surface area contributed by atoms with E-state index in [9.17, 15) is 0 Å². The second-order valence-corrected chi connectivity index (χ2v) is 4.50. The van der Waals surface area contributed by atoms with Crippen LogP contribution < -0.4 is 10.6 Å². The molecule has 18 heavy (non-hydrogen) atoms. The lowest BCUT2D eigenvalue weighted by Gasteiger charge is -2.26. The molecule has 0 aliphatic carbocycles. The van der Waals surface area contributed by atoms with Gasteiger partial charge < -0.3 is 20.1 Å². The van der Waals surface area contributed by atoms with Crippen molar-refractivity contribution in [3.8, 4) is 0 Å². The topological polar surface area (TPSA) is 55.4 Å². The SMILES string of the molecule is CCNc1cc(NCC2(OC)CCOC2)ccn1. The Labute approximate surface area is 108 Å². The van der Waals surface area contributed by atoms with Gasteiger partial charge in [-0.15, -0.1) is 0 Å². The molecule has 1 aliphatic rings. The molecule has 100 valence electrons. The van der Waals surface area contributed by atoms with E-state index in [-0.39, 0.29) is 5.60 Å². The molecule has 1 saturated heterocycles. The third-order valence-corrected chi connectivity index (χ3v) is 3.23. The molecule has 0 bridgehead atoms. The van der Waals surface area contributed by atoms with Gasteiger partial charge in [0.15, 0.2) is 0 Å². The Kier molecular flexibility index (Phi) is 4.38. The van der Waals surface area contributed by atoms with Crippen LogP contribution in [0.1, 0.15) is 13.3 Å². The van der Waals surface area contributed by atoms with Crippen LogP contribution in [0.15, 0.2) is 18.3 Å². The average molecular weight is 251 g/mol. The van der Waals surface area contributed by atoms with Crippen molar-refractivity contribution in [3.05, 3.63) is 18.3 Å². The van der Waals surface area contributed by atoms with Crippen molar-refractivity contribution >= 4 is 11.5 Å². The highest BCUT2D eigenvalue weighted by atomic mass is 16.5. The Bertz CT molecular complexity index is 378. The Hall–Kier alpha value is -1.33. The van der Waals surface area contributed by atoms with Crippen LogP contribution in [0.2, 0.25) is 0 Å². The number of aromatic nitrogens is 1. The second kappa shape index (κ2) is 6.02. The predicted octanol–water partition coefficient (Wildman–Crippen LogP) is 1.73. The molecule has 1 fully saturated rings. The number of hydrogen-bond acceptors (Lipinski definition) is 5. The zero-order valence-corrected chi connectivity index (χ0v) is 11.0. The molecule has 5 nitrogen and oxygen atoms in total. The molecule has 1 aromatic rings. The summed E-state index contributed by atoms with van der Waals surface area (Å²) < 4.78 is 11.0. The van der Waals surface area contributed by atoms with E-state index < -0.39 is 0 Å². The standard InChI is InChI=1S/C13H21N3O2/c1-3-14-12-8-11(4-6-15-12)16-9-13(17-2)5-7-18-10-13/h4,6,8H,3,5,7,9-10H2,1-2H3,(H2,14,15,16). The molecule has 1 aromatic heterocycles. The minimum Gasteiger partial charge on any atom is -0.382 e. The average Bonchev–Trinajstić information content (AvgIpc) is 2.87. The molecule has 1 unspecified atom stereocenters. The molecule has 5 heteroatoms. The highest BCUT2D eigenvalue weighted by molar-refractivity contribution is 5.52. The summed E-state index contributed by atoms with van der Waals surface area (Å²) in [5, 5.41) is 6.58. The minimum absolute atomic E-state index is 0.193. The molecule has 2 heterocycles. The smallest absolute Gasteiger partial charge is 0.127 e. The summed E-state index contributed by atoms with van der Waals surface area (Å²) in [6, 6.07) is 3.96. The summed E-state index contributed by atoms with van der Waals surface area (Å²) in [5.74, 6) is 0.886. The van der Waals surface area contributed by atoms with Crippen LogP contribution in [-0.4, -0.2) is 44.0 Å². The van der Waals surface area contributed by atoms with Crippen LogP contribution in [0.3, 0.4) is 0 Å². The monoisotopic (exact) mass is 251 g/mol. The lowest BCUT2D eigenvalue weighted by atomic mass is 10.0. The van der Waals surface area contributed by atoms with Gasteiger partial charge in [0.25, 0.3) is 0 Å². The Morgan fingerprint density at radius 1 is 1.50 bits per heavy atom. The van der Waals surface area contributed by atoms with E-state index in [1.807, 2.05) is 12.1 Å². The van der Waals surface area contributed by atoms with Crippen LogP contribution in [0.25, 0.3) is 0 Å².